The zero-order chi connectivity index (χ0) is 15.3. The Morgan fingerprint density at radius 1 is 1.10 bits per heavy atom. The maximum Gasteiger partial charge on any atom is 0.214 e. The van der Waals surface area contributed by atoms with E-state index < -0.39 is 10.0 Å². The number of fused-ring (bicyclic) bond motifs is 2. The van der Waals surface area contributed by atoms with Crippen molar-refractivity contribution in [1.29, 1.82) is 0 Å². The van der Waals surface area contributed by atoms with E-state index in [1.807, 2.05) is 0 Å². The number of nitrogens with zero attached hydrogens (tertiary/aromatic N) is 2. The van der Waals surface area contributed by atoms with E-state index >= 15 is 0 Å². The normalized spacial score (nSPS) is 27.9. The number of hydrogen-bond donors (Lipinski definition) is 1. The Morgan fingerprint density at radius 3 is 2.62 bits per heavy atom. The van der Waals surface area contributed by atoms with Gasteiger partial charge in [-0.25, -0.2) is 12.7 Å². The Hall–Kier alpha value is -0.170. The SMILES string of the molecule is CCCNCCCCS(=O)(=O)N1CCC2CCC(C1)N2C. The molecule has 2 aliphatic rings. The molecule has 0 saturated carbocycles. The molecule has 2 unspecified atom stereocenters. The van der Waals surface area contributed by atoms with Gasteiger partial charge < -0.3 is 5.32 Å². The first kappa shape index (κ1) is 17.2. The summed E-state index contributed by atoms with van der Waals surface area (Å²) in [6.45, 7) is 5.50. The third-order valence-corrected chi connectivity index (χ3v) is 6.86. The van der Waals surface area contributed by atoms with E-state index in [2.05, 4.69) is 24.2 Å². The molecular formula is C15H31N3O2S. The van der Waals surface area contributed by atoms with Gasteiger partial charge in [0.25, 0.3) is 0 Å². The van der Waals surface area contributed by atoms with Crippen molar-refractivity contribution in [3.63, 3.8) is 0 Å². The minimum atomic E-state index is -3.07. The molecule has 1 N–H and O–H groups in total. The fourth-order valence-electron chi connectivity index (χ4n) is 3.50. The minimum absolute atomic E-state index is 0.307. The molecule has 0 aromatic rings. The summed E-state index contributed by atoms with van der Waals surface area (Å²) >= 11 is 0. The van der Waals surface area contributed by atoms with Gasteiger partial charge in [-0.2, -0.15) is 0 Å². The lowest BCUT2D eigenvalue weighted by Gasteiger charge is -2.25. The molecule has 0 aromatic carbocycles. The number of rotatable bonds is 8. The molecule has 2 bridgehead atoms. The van der Waals surface area contributed by atoms with Crippen LogP contribution in [0.1, 0.15) is 45.4 Å². The van der Waals surface area contributed by atoms with Crippen molar-refractivity contribution in [2.75, 3.05) is 39.0 Å². The van der Waals surface area contributed by atoms with Crippen molar-refractivity contribution >= 4 is 10.0 Å². The molecule has 21 heavy (non-hydrogen) atoms. The molecule has 6 heteroatoms. The quantitative estimate of drug-likeness (QED) is 0.685. The summed E-state index contributed by atoms with van der Waals surface area (Å²) in [6.07, 6.45) is 6.21. The van der Waals surface area contributed by atoms with Crippen molar-refractivity contribution in [3.8, 4) is 0 Å². The van der Waals surface area contributed by atoms with Crippen molar-refractivity contribution in [3.05, 3.63) is 0 Å². The van der Waals surface area contributed by atoms with Gasteiger partial charge >= 0.3 is 0 Å². The van der Waals surface area contributed by atoms with Crippen LogP contribution < -0.4 is 5.32 Å². The molecule has 2 saturated heterocycles. The van der Waals surface area contributed by atoms with Crippen LogP contribution in [0, 0.1) is 0 Å². The lowest BCUT2D eigenvalue weighted by molar-refractivity contribution is 0.246. The molecule has 0 spiro atoms. The summed E-state index contributed by atoms with van der Waals surface area (Å²) in [5.41, 5.74) is 0. The van der Waals surface area contributed by atoms with Gasteiger partial charge in [0.2, 0.25) is 10.0 Å². The molecule has 2 atom stereocenters. The van der Waals surface area contributed by atoms with Crippen LogP contribution in [0.25, 0.3) is 0 Å². The third-order valence-electron chi connectivity index (χ3n) is 4.94. The van der Waals surface area contributed by atoms with E-state index in [1.54, 1.807) is 4.31 Å². The monoisotopic (exact) mass is 317 g/mol. The minimum Gasteiger partial charge on any atom is -0.317 e. The number of hydrogen-bond acceptors (Lipinski definition) is 4. The van der Waals surface area contributed by atoms with E-state index in [0.29, 0.717) is 30.9 Å². The van der Waals surface area contributed by atoms with E-state index in [9.17, 15) is 8.42 Å². The van der Waals surface area contributed by atoms with Gasteiger partial charge in [0, 0.05) is 25.2 Å². The fourth-order valence-corrected chi connectivity index (χ4v) is 5.11. The zero-order valence-corrected chi connectivity index (χ0v) is 14.4. The summed E-state index contributed by atoms with van der Waals surface area (Å²) in [5, 5.41) is 3.32. The van der Waals surface area contributed by atoms with E-state index in [-0.39, 0.29) is 0 Å². The van der Waals surface area contributed by atoms with Crippen LogP contribution in [0.15, 0.2) is 0 Å². The van der Waals surface area contributed by atoms with Crippen molar-refractivity contribution in [2.45, 2.75) is 57.5 Å². The molecule has 2 fully saturated rings. The van der Waals surface area contributed by atoms with Gasteiger partial charge in [-0.3, -0.25) is 4.90 Å². The van der Waals surface area contributed by atoms with Crippen LogP contribution in [0.3, 0.4) is 0 Å². The molecule has 2 aliphatic heterocycles. The lowest BCUT2D eigenvalue weighted by Crippen LogP contribution is -2.40. The topological polar surface area (TPSA) is 52.7 Å². The molecule has 0 aliphatic carbocycles. The van der Waals surface area contributed by atoms with Crippen LogP contribution in [-0.2, 0) is 10.0 Å². The predicted molar refractivity (Wildman–Crippen MR) is 86.9 cm³/mol. The first-order valence-corrected chi connectivity index (χ1v) is 10.1. The largest absolute Gasteiger partial charge is 0.317 e. The molecule has 124 valence electrons. The number of unbranched alkanes of at least 4 members (excludes halogenated alkanes) is 1. The van der Waals surface area contributed by atoms with E-state index in [4.69, 9.17) is 0 Å². The van der Waals surface area contributed by atoms with Gasteiger partial charge in [-0.1, -0.05) is 6.92 Å². The van der Waals surface area contributed by atoms with Crippen LogP contribution in [0.2, 0.25) is 0 Å². The Bertz CT molecular complexity index is 413. The molecule has 0 radical (unpaired) electrons. The first-order valence-electron chi connectivity index (χ1n) is 8.45. The Kier molecular flexibility index (Phi) is 6.47. The Labute approximate surface area is 130 Å². The maximum atomic E-state index is 12.5. The lowest BCUT2D eigenvalue weighted by atomic mass is 10.1. The standard InChI is InChI=1S/C15H31N3O2S/c1-3-9-16-10-4-5-12-21(19,20)18-11-8-14-6-7-15(13-18)17(14)2/h14-16H,3-13H2,1-2H3. The van der Waals surface area contributed by atoms with Gasteiger partial charge in [-0.05, 0) is 58.7 Å². The average Bonchev–Trinajstić information content (AvgIpc) is 2.66. The molecule has 0 aromatic heterocycles. The third kappa shape index (κ3) is 4.65. The second-order valence-electron chi connectivity index (χ2n) is 6.47. The fraction of sp³-hybridized carbons (Fsp3) is 1.00. The van der Waals surface area contributed by atoms with E-state index in [1.165, 1.54) is 6.42 Å². The van der Waals surface area contributed by atoms with Crippen LogP contribution in [0.4, 0.5) is 0 Å². The van der Waals surface area contributed by atoms with Crippen LogP contribution >= 0.6 is 0 Å². The molecule has 2 heterocycles. The summed E-state index contributed by atoms with van der Waals surface area (Å²) in [5.74, 6) is 0.307. The van der Waals surface area contributed by atoms with Gasteiger partial charge in [-0.15, -0.1) is 0 Å². The molecular weight excluding hydrogens is 286 g/mol. The highest BCUT2D eigenvalue weighted by molar-refractivity contribution is 7.89. The molecule has 0 amide bonds. The first-order chi connectivity index (χ1) is 10.0. The van der Waals surface area contributed by atoms with Crippen LogP contribution in [-0.4, -0.2) is 68.7 Å². The number of likely N-dealkylation sites (N-methyl/N-ethyl adjacent to an activating group) is 1. The smallest absolute Gasteiger partial charge is 0.214 e. The van der Waals surface area contributed by atoms with Crippen molar-refractivity contribution in [2.24, 2.45) is 0 Å². The molecule has 5 nitrogen and oxygen atoms in total. The average molecular weight is 317 g/mol. The van der Waals surface area contributed by atoms with Crippen molar-refractivity contribution < 1.29 is 8.42 Å². The second kappa shape index (κ2) is 7.90. The van der Waals surface area contributed by atoms with Gasteiger partial charge in [0.15, 0.2) is 0 Å². The maximum absolute atomic E-state index is 12.5. The highest BCUT2D eigenvalue weighted by Gasteiger charge is 2.37. The zero-order valence-electron chi connectivity index (χ0n) is 13.6. The number of nitrogens with one attached hydrogen (secondary N) is 1. The summed E-state index contributed by atoms with van der Waals surface area (Å²) < 4.78 is 26.8. The van der Waals surface area contributed by atoms with Gasteiger partial charge in [0.1, 0.15) is 0 Å². The van der Waals surface area contributed by atoms with E-state index in [0.717, 1.165) is 45.2 Å². The summed E-state index contributed by atoms with van der Waals surface area (Å²) in [6, 6.07) is 1.02. The second-order valence-corrected chi connectivity index (χ2v) is 8.56. The number of sulfonamides is 1. The highest BCUT2D eigenvalue weighted by atomic mass is 32.2. The van der Waals surface area contributed by atoms with Crippen molar-refractivity contribution in [1.82, 2.24) is 14.5 Å². The molecule has 2 rings (SSSR count). The summed E-state index contributed by atoms with van der Waals surface area (Å²) in [4.78, 5) is 2.39. The van der Waals surface area contributed by atoms with Gasteiger partial charge in [0.05, 0.1) is 5.75 Å². The highest BCUT2D eigenvalue weighted by Crippen LogP contribution is 2.29. The summed E-state index contributed by atoms with van der Waals surface area (Å²) in [7, 11) is -0.916. The van der Waals surface area contributed by atoms with Crippen LogP contribution in [0.5, 0.6) is 0 Å². The Balaban J connectivity index is 1.77. The predicted octanol–water partition coefficient (Wildman–Crippen LogP) is 1.26. The Morgan fingerprint density at radius 2 is 1.86 bits per heavy atom.